The molecule has 8 rings (SSSR count). The van der Waals surface area contributed by atoms with Crippen LogP contribution in [0.25, 0.3) is 32.9 Å². The van der Waals surface area contributed by atoms with Gasteiger partial charge in [-0.3, -0.25) is 24.0 Å². The van der Waals surface area contributed by atoms with Crippen molar-refractivity contribution in [1.82, 2.24) is 45.0 Å². The maximum absolute atomic E-state index is 14.1. The number of fused-ring (bicyclic) bond motifs is 1. The van der Waals surface area contributed by atoms with E-state index in [2.05, 4.69) is 35.5 Å². The van der Waals surface area contributed by atoms with Crippen LogP contribution in [0.5, 0.6) is 11.6 Å². The number of aromatic hydroxyl groups is 1. The van der Waals surface area contributed by atoms with Crippen LogP contribution in [0.15, 0.2) is 75.5 Å². The molecule has 4 aromatic heterocycles. The lowest BCUT2D eigenvalue weighted by atomic mass is 9.91. The number of H-pyrrole nitrogens is 1. The Balaban J connectivity index is 0.860. The van der Waals surface area contributed by atoms with Crippen LogP contribution in [0, 0.1) is 12.8 Å². The van der Waals surface area contributed by atoms with Gasteiger partial charge in [-0.15, -0.1) is 21.5 Å². The molecule has 17 heteroatoms. The summed E-state index contributed by atoms with van der Waals surface area (Å²) in [6.45, 7) is 9.74. The van der Waals surface area contributed by atoms with Crippen molar-refractivity contribution in [2.24, 2.45) is 5.92 Å². The number of rotatable bonds is 13. The number of aromatic nitrogens is 6. The lowest BCUT2D eigenvalue weighted by molar-refractivity contribution is -0.141. The molecule has 0 aliphatic carbocycles. The number of aryl methyl sites for hydroxylation is 1. The molecule has 2 amide bonds. The number of carbonyl (C=O) groups is 2. The number of hydrogen-bond acceptors (Lipinski definition) is 13. The molecule has 58 heavy (non-hydrogen) atoms. The number of thiazole rings is 1. The van der Waals surface area contributed by atoms with Crippen LogP contribution in [-0.2, 0) is 9.59 Å². The van der Waals surface area contributed by atoms with Gasteiger partial charge in [0.2, 0.25) is 11.8 Å². The van der Waals surface area contributed by atoms with Crippen LogP contribution in [0.1, 0.15) is 62.2 Å². The van der Waals surface area contributed by atoms with E-state index in [0.29, 0.717) is 47.8 Å². The Morgan fingerprint density at radius 1 is 1.07 bits per heavy atom. The molecular formula is C41H45N9O7S. The third-order valence-electron chi connectivity index (χ3n) is 11.0. The summed E-state index contributed by atoms with van der Waals surface area (Å²) in [4.78, 5) is 52.5. The van der Waals surface area contributed by atoms with Crippen molar-refractivity contribution in [2.45, 2.75) is 64.3 Å². The molecule has 0 bridgehead atoms. The highest BCUT2D eigenvalue weighted by molar-refractivity contribution is 7.13. The van der Waals surface area contributed by atoms with Crippen molar-refractivity contribution in [3.63, 3.8) is 0 Å². The summed E-state index contributed by atoms with van der Waals surface area (Å²) in [6.07, 6.45) is -0.715. The highest BCUT2D eigenvalue weighted by atomic mass is 32.1. The molecule has 2 aliphatic heterocycles. The van der Waals surface area contributed by atoms with Crippen molar-refractivity contribution in [2.75, 3.05) is 32.8 Å². The van der Waals surface area contributed by atoms with Gasteiger partial charge in [0.15, 0.2) is 11.4 Å². The zero-order chi connectivity index (χ0) is 40.7. The minimum atomic E-state index is -0.850. The number of phenols is 1. The smallest absolute Gasteiger partial charge is 0.328 e. The monoisotopic (exact) mass is 807 g/mol. The number of β-amino-alcohol motifs (C(OH)–C–C–N with tert-alkyl or cyclic N) is 1. The number of para-hydroxylation sites is 1. The van der Waals surface area contributed by atoms with Gasteiger partial charge >= 0.3 is 5.69 Å². The maximum atomic E-state index is 14.1. The molecule has 6 heterocycles. The number of nitrogens with one attached hydrogen (secondary N) is 2. The molecular weight excluding hydrogens is 763 g/mol. The average Bonchev–Trinajstić information content (AvgIpc) is 3.99. The van der Waals surface area contributed by atoms with E-state index in [9.17, 15) is 24.6 Å². The Hall–Kier alpha value is -5.91. The zero-order valence-corrected chi connectivity index (χ0v) is 33.3. The molecule has 0 radical (unpaired) electrons. The van der Waals surface area contributed by atoms with Crippen molar-refractivity contribution in [3.8, 4) is 33.3 Å². The maximum Gasteiger partial charge on any atom is 0.328 e. The van der Waals surface area contributed by atoms with E-state index in [-0.39, 0.29) is 66.7 Å². The first kappa shape index (κ1) is 38.9. The van der Waals surface area contributed by atoms with Crippen molar-refractivity contribution in [3.05, 3.63) is 93.7 Å². The summed E-state index contributed by atoms with van der Waals surface area (Å²) in [6, 6.07) is 16.9. The third kappa shape index (κ3) is 7.71. The largest absolute Gasteiger partial charge is 0.507 e. The number of imidazole rings is 1. The van der Waals surface area contributed by atoms with Crippen LogP contribution >= 0.6 is 11.3 Å². The van der Waals surface area contributed by atoms with E-state index in [4.69, 9.17) is 9.26 Å². The topological polar surface area (TPSA) is 205 Å². The number of phenolic OH excluding ortho intramolecular Hbond substituents is 1. The van der Waals surface area contributed by atoms with Crippen molar-refractivity contribution < 1.29 is 29.1 Å². The van der Waals surface area contributed by atoms with Gasteiger partial charge in [-0.25, -0.2) is 9.78 Å². The number of aliphatic hydroxyl groups is 1. The summed E-state index contributed by atoms with van der Waals surface area (Å²) in [5, 5.41) is 36.5. The summed E-state index contributed by atoms with van der Waals surface area (Å²) < 4.78 is 13.3. The number of carbonyl (C=O) groups excluding carboxylic acids is 2. The molecule has 4 atom stereocenters. The summed E-state index contributed by atoms with van der Waals surface area (Å²) in [5.74, 6) is -1.01. The number of hydrogen-bond donors (Lipinski definition) is 4. The summed E-state index contributed by atoms with van der Waals surface area (Å²) in [7, 11) is 0. The van der Waals surface area contributed by atoms with E-state index in [1.807, 2.05) is 57.5 Å². The minimum Gasteiger partial charge on any atom is -0.507 e. The molecule has 6 aromatic rings. The first-order valence-corrected chi connectivity index (χ1v) is 20.2. The van der Waals surface area contributed by atoms with E-state index in [1.165, 1.54) is 4.90 Å². The van der Waals surface area contributed by atoms with E-state index in [0.717, 1.165) is 21.7 Å². The summed E-state index contributed by atoms with van der Waals surface area (Å²) >= 11 is 1.58. The van der Waals surface area contributed by atoms with E-state index >= 15 is 0 Å². The highest BCUT2D eigenvalue weighted by Crippen LogP contribution is 2.34. The van der Waals surface area contributed by atoms with Gasteiger partial charge in [0.25, 0.3) is 5.88 Å². The Bertz CT molecular complexity index is 2490. The molecule has 4 N–H and O–H groups in total. The SMILES string of the molecule is Cc1ncsc1-c1ccc([C@H](C)NC(=O)[C@@H]2C[C@@H](O)CN2C(=O)[C@@H](c2cc(OCCN3CC(n4c(=O)[nH]c5nnc(-c6ccccc6O)cc54)C3)no2)C(C)C)cc1. The second kappa shape index (κ2) is 16.2. The van der Waals surface area contributed by atoms with Crippen molar-refractivity contribution in [1.29, 1.82) is 0 Å². The Labute approximate surface area is 337 Å². The Morgan fingerprint density at radius 3 is 2.57 bits per heavy atom. The quantitative estimate of drug-likeness (QED) is 0.128. The molecule has 302 valence electrons. The van der Waals surface area contributed by atoms with Gasteiger partial charge in [-0.05, 0) is 54.2 Å². The number of likely N-dealkylation sites (tertiary alicyclic amines) is 2. The first-order chi connectivity index (χ1) is 27.9. The van der Waals surface area contributed by atoms with E-state index in [1.54, 1.807) is 52.3 Å². The predicted octanol–water partition coefficient (Wildman–Crippen LogP) is 4.43. The standard InChI is InChI=1S/C41H45N9O7S/c1-22(2)36(40(54)49-20-28(51)15-32(49)39(53)43-23(3)25-9-11-26(12-10-25)37-24(4)42-21-58-37)34-17-35(47-57-34)56-14-13-48-18-27(19-48)50-31-16-30(29-7-5-6-8-33(29)52)45-46-38(31)44-41(50)55/h5-12,16-17,21-23,27-28,32,36,51-52H,13-15,18-20H2,1-4H3,(H,43,53)(H,44,46,55)/t23-,28+,32-,36+/m0/s1. The van der Waals surface area contributed by atoms with Gasteiger partial charge in [-0.2, -0.15) is 0 Å². The number of aliphatic hydroxyl groups excluding tert-OH is 1. The van der Waals surface area contributed by atoms with Gasteiger partial charge < -0.3 is 29.7 Å². The number of benzene rings is 2. The van der Waals surface area contributed by atoms with Crippen LogP contribution < -0.4 is 15.7 Å². The molecule has 2 aliphatic rings. The highest BCUT2D eigenvalue weighted by Gasteiger charge is 2.43. The van der Waals surface area contributed by atoms with Gasteiger partial charge in [0.1, 0.15) is 24.3 Å². The van der Waals surface area contributed by atoms with Crippen molar-refractivity contribution >= 4 is 34.3 Å². The fraction of sp³-hybridized carbons (Fsp3) is 0.390. The molecule has 0 saturated carbocycles. The minimum absolute atomic E-state index is 0.0294. The lowest BCUT2D eigenvalue weighted by Gasteiger charge is -2.39. The number of aromatic amines is 1. The Morgan fingerprint density at radius 2 is 1.84 bits per heavy atom. The van der Waals surface area contributed by atoms with Gasteiger partial charge in [0.05, 0.1) is 45.5 Å². The molecule has 0 spiro atoms. The Kier molecular flexibility index (Phi) is 10.8. The zero-order valence-electron chi connectivity index (χ0n) is 32.5. The average molecular weight is 808 g/mol. The van der Waals surface area contributed by atoms with Crippen LogP contribution in [0.2, 0.25) is 0 Å². The van der Waals surface area contributed by atoms with Gasteiger partial charge in [0, 0.05) is 44.2 Å². The third-order valence-corrected chi connectivity index (χ3v) is 12.0. The fourth-order valence-electron chi connectivity index (χ4n) is 7.88. The first-order valence-electron chi connectivity index (χ1n) is 19.3. The second-order valence-electron chi connectivity index (χ2n) is 15.3. The number of nitrogens with zero attached hydrogens (tertiary/aromatic N) is 7. The predicted molar refractivity (Wildman–Crippen MR) is 215 cm³/mol. The van der Waals surface area contributed by atoms with Gasteiger partial charge in [-0.1, -0.05) is 50.2 Å². The molecule has 0 unspecified atom stereocenters. The second-order valence-corrected chi connectivity index (χ2v) is 16.2. The van der Waals surface area contributed by atoms with Crippen LogP contribution in [0.4, 0.5) is 0 Å². The lowest BCUT2D eigenvalue weighted by Crippen LogP contribution is -2.51. The molecule has 2 aromatic carbocycles. The number of ether oxygens (including phenoxy) is 1. The molecule has 16 nitrogen and oxygen atoms in total. The summed E-state index contributed by atoms with van der Waals surface area (Å²) in [5.41, 5.74) is 6.46. The fourth-order valence-corrected chi connectivity index (χ4v) is 8.69. The van der Waals surface area contributed by atoms with E-state index < -0.39 is 18.1 Å². The normalized spacial score (nSPS) is 18.4. The van der Waals surface area contributed by atoms with Crippen LogP contribution in [0.3, 0.4) is 0 Å². The molecule has 2 fully saturated rings. The molecule has 2 saturated heterocycles. The number of amides is 2. The van der Waals surface area contributed by atoms with Crippen LogP contribution in [-0.4, -0.2) is 107 Å².